The summed E-state index contributed by atoms with van der Waals surface area (Å²) in [5, 5.41) is 0. The zero-order valence-corrected chi connectivity index (χ0v) is 7.07. The van der Waals surface area contributed by atoms with Gasteiger partial charge in [-0.1, -0.05) is 36.4 Å². The van der Waals surface area contributed by atoms with Crippen LogP contribution in [0.2, 0.25) is 0 Å². The van der Waals surface area contributed by atoms with E-state index in [9.17, 15) is 0 Å². The summed E-state index contributed by atoms with van der Waals surface area (Å²) in [4.78, 5) is 4.15. The first kappa shape index (κ1) is 5.18. The van der Waals surface area contributed by atoms with Crippen molar-refractivity contribution in [2.45, 2.75) is 6.85 Å². The fraction of sp³-hybridized carbons (Fsp3) is 0.0833. The Kier molecular flexibility index (Phi) is 1.35. The number of pyridine rings is 1. The van der Waals surface area contributed by atoms with Crippen molar-refractivity contribution in [1.29, 1.82) is 0 Å². The Balaban J connectivity index is 2.45. The van der Waals surface area contributed by atoms with Crippen molar-refractivity contribution in [2.24, 2.45) is 0 Å². The van der Waals surface area contributed by atoms with Crippen molar-refractivity contribution in [3.8, 4) is 11.3 Å². The quantitative estimate of drug-likeness (QED) is 0.644. The van der Waals surface area contributed by atoms with E-state index in [0.29, 0.717) is 5.69 Å². The molecule has 0 aliphatic heterocycles. The van der Waals surface area contributed by atoms with Crippen LogP contribution < -0.4 is 0 Å². The van der Waals surface area contributed by atoms with Crippen LogP contribution >= 0.6 is 0 Å². The highest BCUT2D eigenvalue weighted by Gasteiger charge is 1.96. The van der Waals surface area contributed by atoms with Gasteiger partial charge in [0, 0.05) is 15.4 Å². The Morgan fingerprint density at radius 2 is 1.85 bits per heavy atom. The van der Waals surface area contributed by atoms with E-state index in [1.54, 1.807) is 6.07 Å². The van der Waals surface area contributed by atoms with Crippen LogP contribution in [0.5, 0.6) is 0 Å². The Labute approximate surface area is 82.3 Å². The van der Waals surface area contributed by atoms with Gasteiger partial charge < -0.3 is 0 Å². The summed E-state index contributed by atoms with van der Waals surface area (Å²) in [6.45, 7) is -2.15. The number of hydrogen-bond acceptors (Lipinski definition) is 1. The van der Waals surface area contributed by atoms with Crippen molar-refractivity contribution in [2.75, 3.05) is 0 Å². The highest BCUT2D eigenvalue weighted by atomic mass is 14.7. The molecule has 1 aromatic carbocycles. The van der Waals surface area contributed by atoms with Gasteiger partial charge in [0.15, 0.2) is 0 Å². The van der Waals surface area contributed by atoms with Crippen LogP contribution in [-0.4, -0.2) is 4.98 Å². The van der Waals surface area contributed by atoms with Crippen molar-refractivity contribution >= 4 is 0 Å². The van der Waals surface area contributed by atoms with E-state index in [0.717, 1.165) is 5.56 Å². The van der Waals surface area contributed by atoms with Crippen LogP contribution in [0.25, 0.3) is 11.3 Å². The minimum Gasteiger partial charge on any atom is -0.253 e. The van der Waals surface area contributed by atoms with Gasteiger partial charge in [0.1, 0.15) is 0 Å². The molecule has 1 nitrogen and oxygen atoms in total. The van der Waals surface area contributed by atoms with Crippen molar-refractivity contribution < 1.29 is 4.11 Å². The molecule has 0 saturated heterocycles. The van der Waals surface area contributed by atoms with Crippen LogP contribution in [0, 0.1) is 6.85 Å². The van der Waals surface area contributed by atoms with E-state index in [1.165, 1.54) is 6.07 Å². The molecule has 0 aliphatic rings. The maximum absolute atomic E-state index is 7.30. The van der Waals surface area contributed by atoms with Crippen molar-refractivity contribution in [3.05, 3.63) is 54.2 Å². The fourth-order valence-corrected chi connectivity index (χ4v) is 1.20. The summed E-state index contributed by atoms with van der Waals surface area (Å²) in [7, 11) is 0. The SMILES string of the molecule is [2H]C([2H])([2H])c1cccc(-c2ccccc2)n1. The molecule has 1 heterocycles. The molecule has 0 atom stereocenters. The summed E-state index contributed by atoms with van der Waals surface area (Å²) in [6, 6.07) is 14.6. The van der Waals surface area contributed by atoms with E-state index in [2.05, 4.69) is 4.98 Å². The standard InChI is InChI=1S/C12H11N/c1-10-6-5-9-12(13-10)11-7-3-2-4-8-11/h2-9H,1H3/i1D3. The maximum Gasteiger partial charge on any atom is 0.0705 e. The highest BCUT2D eigenvalue weighted by Crippen LogP contribution is 2.15. The molecule has 0 radical (unpaired) electrons. The minimum absolute atomic E-state index is 0.133. The molecule has 2 rings (SSSR count). The molecular formula is C12H11N. The molecule has 13 heavy (non-hydrogen) atoms. The third kappa shape index (κ3) is 1.75. The molecule has 1 aromatic heterocycles. The smallest absolute Gasteiger partial charge is 0.0705 e. The molecule has 1 heteroatoms. The van der Waals surface area contributed by atoms with Crippen LogP contribution in [0.4, 0.5) is 0 Å². The van der Waals surface area contributed by atoms with Gasteiger partial charge in [0.25, 0.3) is 0 Å². The molecule has 0 saturated carbocycles. The maximum atomic E-state index is 7.30. The lowest BCUT2D eigenvalue weighted by molar-refractivity contribution is 1.21. The first-order valence-electron chi connectivity index (χ1n) is 5.60. The molecule has 0 spiro atoms. The lowest BCUT2D eigenvalue weighted by Gasteiger charge is -2.00. The Morgan fingerprint density at radius 3 is 2.62 bits per heavy atom. The molecular weight excluding hydrogens is 158 g/mol. The van der Waals surface area contributed by atoms with Gasteiger partial charge in [-0.05, 0) is 19.0 Å². The topological polar surface area (TPSA) is 12.9 Å². The Bertz CT molecular complexity index is 477. The number of aromatic nitrogens is 1. The van der Waals surface area contributed by atoms with E-state index in [-0.39, 0.29) is 5.69 Å². The summed E-state index contributed by atoms with van der Waals surface area (Å²) in [5.74, 6) is 0. The number of nitrogens with zero attached hydrogens (tertiary/aromatic N) is 1. The zero-order chi connectivity index (χ0) is 11.6. The molecule has 0 unspecified atom stereocenters. The van der Waals surface area contributed by atoms with E-state index in [4.69, 9.17) is 4.11 Å². The third-order valence-electron chi connectivity index (χ3n) is 1.82. The normalized spacial score (nSPS) is 14.3. The van der Waals surface area contributed by atoms with Crippen LogP contribution in [-0.2, 0) is 0 Å². The van der Waals surface area contributed by atoms with Gasteiger partial charge in [0.05, 0.1) is 5.69 Å². The second-order valence-electron chi connectivity index (χ2n) is 2.77. The summed E-state index contributed by atoms with van der Waals surface area (Å²) >= 11 is 0. The number of benzene rings is 1. The molecule has 0 bridgehead atoms. The molecule has 0 N–H and O–H groups in total. The average molecular weight is 172 g/mol. The zero-order valence-electron chi connectivity index (χ0n) is 10.1. The van der Waals surface area contributed by atoms with E-state index in [1.807, 2.05) is 36.4 Å². The summed E-state index contributed by atoms with van der Waals surface area (Å²) in [5.41, 5.74) is 1.75. The van der Waals surface area contributed by atoms with E-state index < -0.39 is 6.85 Å². The molecule has 0 fully saturated rings. The monoisotopic (exact) mass is 172 g/mol. The van der Waals surface area contributed by atoms with Gasteiger partial charge >= 0.3 is 0 Å². The number of rotatable bonds is 1. The summed E-state index contributed by atoms with van der Waals surface area (Å²) in [6.07, 6.45) is 0. The summed E-state index contributed by atoms with van der Waals surface area (Å²) < 4.78 is 21.9. The van der Waals surface area contributed by atoms with Gasteiger partial charge in [-0.25, -0.2) is 0 Å². The van der Waals surface area contributed by atoms with Crippen molar-refractivity contribution in [1.82, 2.24) is 4.98 Å². The second kappa shape index (κ2) is 3.40. The number of aryl methyl sites for hydroxylation is 1. The molecule has 0 amide bonds. The molecule has 2 aromatic rings. The Morgan fingerprint density at radius 1 is 1.00 bits per heavy atom. The van der Waals surface area contributed by atoms with Gasteiger partial charge in [-0.2, -0.15) is 0 Å². The fourth-order valence-electron chi connectivity index (χ4n) is 1.20. The lowest BCUT2D eigenvalue weighted by Crippen LogP contribution is -1.84. The molecule has 0 aliphatic carbocycles. The molecule has 64 valence electrons. The van der Waals surface area contributed by atoms with Gasteiger partial charge in [0.2, 0.25) is 0 Å². The van der Waals surface area contributed by atoms with Crippen molar-refractivity contribution in [3.63, 3.8) is 0 Å². The van der Waals surface area contributed by atoms with Gasteiger partial charge in [-0.15, -0.1) is 0 Å². The van der Waals surface area contributed by atoms with Crippen LogP contribution in [0.15, 0.2) is 48.5 Å². The third-order valence-corrected chi connectivity index (χ3v) is 1.82. The predicted molar refractivity (Wildman–Crippen MR) is 54.4 cm³/mol. The highest BCUT2D eigenvalue weighted by molar-refractivity contribution is 5.58. The average Bonchev–Trinajstić information content (AvgIpc) is 2.29. The Hall–Kier alpha value is -1.63. The van der Waals surface area contributed by atoms with Crippen LogP contribution in [0.1, 0.15) is 9.81 Å². The van der Waals surface area contributed by atoms with E-state index >= 15 is 0 Å². The lowest BCUT2D eigenvalue weighted by atomic mass is 10.1. The minimum atomic E-state index is -2.15. The first-order chi connectivity index (χ1) is 7.57. The van der Waals surface area contributed by atoms with Crippen LogP contribution in [0.3, 0.4) is 0 Å². The number of hydrogen-bond donors (Lipinski definition) is 0. The largest absolute Gasteiger partial charge is 0.253 e. The predicted octanol–water partition coefficient (Wildman–Crippen LogP) is 3.06. The first-order valence-corrected chi connectivity index (χ1v) is 4.10. The second-order valence-corrected chi connectivity index (χ2v) is 2.77. The van der Waals surface area contributed by atoms with Gasteiger partial charge in [-0.3, -0.25) is 4.98 Å².